The van der Waals surface area contributed by atoms with Crippen molar-refractivity contribution in [1.82, 2.24) is 0 Å². The molecule has 0 unspecified atom stereocenters. The Labute approximate surface area is 75.2 Å². The largest absolute Gasteiger partial charge is 0.398 e. The highest BCUT2D eigenvalue weighted by Gasteiger charge is 2.07. The minimum absolute atomic E-state index is 0.215. The van der Waals surface area contributed by atoms with E-state index in [1.54, 1.807) is 12.1 Å². The zero-order chi connectivity index (χ0) is 9.84. The molecule has 0 amide bonds. The van der Waals surface area contributed by atoms with E-state index in [0.29, 0.717) is 17.7 Å². The van der Waals surface area contributed by atoms with E-state index in [-0.39, 0.29) is 5.75 Å². The van der Waals surface area contributed by atoms with E-state index in [0.717, 1.165) is 0 Å². The molecule has 0 saturated carbocycles. The van der Waals surface area contributed by atoms with Crippen LogP contribution in [0.4, 0.5) is 5.69 Å². The smallest absolute Gasteiger partial charge is 0.299 e. The molecule has 0 aliphatic rings. The number of nitrogens with two attached hydrogens (primary N) is 1. The van der Waals surface area contributed by atoms with Gasteiger partial charge in [-0.25, -0.2) is 0 Å². The van der Waals surface area contributed by atoms with Gasteiger partial charge in [0, 0.05) is 11.3 Å². The van der Waals surface area contributed by atoms with Crippen LogP contribution in [0.1, 0.15) is 12.5 Å². The van der Waals surface area contributed by atoms with Gasteiger partial charge in [0.25, 0.3) is 5.09 Å². The first-order valence-corrected chi connectivity index (χ1v) is 3.85. The average Bonchev–Trinajstić information content (AvgIpc) is 2.03. The van der Waals surface area contributed by atoms with E-state index in [9.17, 15) is 10.1 Å². The Kier molecular flexibility index (Phi) is 2.69. The second-order valence-electron chi connectivity index (χ2n) is 2.49. The Morgan fingerprint density at radius 3 is 2.85 bits per heavy atom. The van der Waals surface area contributed by atoms with Crippen LogP contribution >= 0.6 is 0 Å². The van der Waals surface area contributed by atoms with Crippen molar-refractivity contribution in [3.8, 4) is 5.75 Å². The van der Waals surface area contributed by atoms with Gasteiger partial charge in [-0.2, -0.15) is 0 Å². The lowest BCUT2D eigenvalue weighted by Crippen LogP contribution is -2.06. The van der Waals surface area contributed by atoms with Crippen molar-refractivity contribution < 1.29 is 9.92 Å². The van der Waals surface area contributed by atoms with E-state index in [1.165, 1.54) is 6.07 Å². The lowest BCUT2D eigenvalue weighted by Gasteiger charge is -2.07. The first kappa shape index (κ1) is 9.31. The summed E-state index contributed by atoms with van der Waals surface area (Å²) in [5.41, 5.74) is 6.79. The van der Waals surface area contributed by atoms with Crippen molar-refractivity contribution in [1.29, 1.82) is 0 Å². The van der Waals surface area contributed by atoms with Crippen LogP contribution in [0, 0.1) is 10.1 Å². The topological polar surface area (TPSA) is 78.4 Å². The molecule has 5 heteroatoms. The van der Waals surface area contributed by atoms with Gasteiger partial charge in [-0.05, 0) is 18.6 Å². The van der Waals surface area contributed by atoms with Crippen molar-refractivity contribution >= 4 is 5.69 Å². The number of rotatable bonds is 3. The van der Waals surface area contributed by atoms with Crippen molar-refractivity contribution in [2.75, 3.05) is 5.73 Å². The van der Waals surface area contributed by atoms with E-state index in [1.807, 2.05) is 6.92 Å². The minimum Gasteiger partial charge on any atom is -0.398 e. The first-order chi connectivity index (χ1) is 6.15. The Balaban J connectivity index is 3.05. The third kappa shape index (κ3) is 2.08. The molecule has 0 radical (unpaired) electrons. The molecular weight excluding hydrogens is 172 g/mol. The molecule has 0 fully saturated rings. The Morgan fingerprint density at radius 2 is 2.31 bits per heavy atom. The van der Waals surface area contributed by atoms with Crippen LogP contribution in [0.3, 0.4) is 0 Å². The number of hydrogen-bond acceptors (Lipinski definition) is 4. The molecule has 0 spiro atoms. The highest BCUT2D eigenvalue weighted by Crippen LogP contribution is 2.24. The average molecular weight is 182 g/mol. The van der Waals surface area contributed by atoms with Gasteiger partial charge in [-0.3, -0.25) is 4.84 Å². The number of anilines is 1. The fraction of sp³-hybridized carbons (Fsp3) is 0.250. The third-order valence-electron chi connectivity index (χ3n) is 1.70. The van der Waals surface area contributed by atoms with Gasteiger partial charge < -0.3 is 5.73 Å². The lowest BCUT2D eigenvalue weighted by molar-refractivity contribution is -0.711. The Morgan fingerprint density at radius 1 is 1.62 bits per heavy atom. The monoisotopic (exact) mass is 182 g/mol. The third-order valence-corrected chi connectivity index (χ3v) is 1.70. The van der Waals surface area contributed by atoms with Gasteiger partial charge in [0.05, 0.1) is 0 Å². The van der Waals surface area contributed by atoms with Gasteiger partial charge in [0.1, 0.15) is 5.75 Å². The van der Waals surface area contributed by atoms with Gasteiger partial charge >= 0.3 is 0 Å². The Bertz CT molecular complexity index is 325. The summed E-state index contributed by atoms with van der Waals surface area (Å²) in [6, 6.07) is 4.83. The number of nitrogen functional groups attached to an aromatic ring is 1. The van der Waals surface area contributed by atoms with Gasteiger partial charge in [0.15, 0.2) is 0 Å². The molecule has 0 heterocycles. The summed E-state index contributed by atoms with van der Waals surface area (Å²) in [7, 11) is 0. The summed E-state index contributed by atoms with van der Waals surface area (Å²) in [5, 5.41) is 9.25. The van der Waals surface area contributed by atoms with E-state index < -0.39 is 5.09 Å². The molecule has 0 atom stereocenters. The van der Waals surface area contributed by atoms with Crippen molar-refractivity contribution in [2.45, 2.75) is 13.3 Å². The molecule has 5 nitrogen and oxygen atoms in total. The second kappa shape index (κ2) is 3.75. The number of benzene rings is 1. The van der Waals surface area contributed by atoms with Crippen molar-refractivity contribution in [3.05, 3.63) is 33.9 Å². The quantitative estimate of drug-likeness (QED) is 0.435. The Hall–Kier alpha value is -1.78. The van der Waals surface area contributed by atoms with Crippen LogP contribution in [0.2, 0.25) is 0 Å². The predicted molar refractivity (Wildman–Crippen MR) is 47.9 cm³/mol. The molecular formula is C8H10N2O3. The summed E-state index contributed by atoms with van der Waals surface area (Å²) in [4.78, 5) is 14.4. The predicted octanol–water partition coefficient (Wildman–Crippen LogP) is 1.40. The molecule has 2 N–H and O–H groups in total. The van der Waals surface area contributed by atoms with Crippen LogP contribution in [-0.2, 0) is 6.42 Å². The van der Waals surface area contributed by atoms with Crippen LogP contribution in [-0.4, -0.2) is 5.09 Å². The lowest BCUT2D eigenvalue weighted by atomic mass is 10.1. The fourth-order valence-corrected chi connectivity index (χ4v) is 1.13. The summed E-state index contributed by atoms with van der Waals surface area (Å²) in [6.45, 7) is 1.86. The van der Waals surface area contributed by atoms with Crippen LogP contribution in [0.15, 0.2) is 18.2 Å². The standard InChI is InChI=1S/C8H10N2O3/c1-2-6-7(9)4-3-5-8(6)13-10(11)12/h3-5H,2,9H2,1H3. The summed E-state index contributed by atoms with van der Waals surface area (Å²) in [6.07, 6.45) is 0.607. The van der Waals surface area contributed by atoms with E-state index in [4.69, 9.17) is 5.73 Å². The molecule has 0 aliphatic heterocycles. The summed E-state index contributed by atoms with van der Waals surface area (Å²) >= 11 is 0. The number of nitrogens with zero attached hydrogens (tertiary/aromatic N) is 1. The molecule has 0 bridgehead atoms. The van der Waals surface area contributed by atoms with Crippen LogP contribution in [0.25, 0.3) is 0 Å². The summed E-state index contributed by atoms with van der Waals surface area (Å²) in [5.74, 6) is 0.215. The van der Waals surface area contributed by atoms with Gasteiger partial charge in [-0.15, -0.1) is 10.1 Å². The zero-order valence-electron chi connectivity index (χ0n) is 7.19. The normalized spacial score (nSPS) is 9.62. The number of hydrogen-bond donors (Lipinski definition) is 1. The van der Waals surface area contributed by atoms with Crippen LogP contribution in [0.5, 0.6) is 5.75 Å². The van der Waals surface area contributed by atoms with Crippen molar-refractivity contribution in [3.63, 3.8) is 0 Å². The van der Waals surface area contributed by atoms with E-state index in [2.05, 4.69) is 4.84 Å². The molecule has 70 valence electrons. The highest BCUT2D eigenvalue weighted by molar-refractivity contribution is 5.53. The molecule has 13 heavy (non-hydrogen) atoms. The fourth-order valence-electron chi connectivity index (χ4n) is 1.13. The molecule has 0 aromatic heterocycles. The molecule has 1 aromatic carbocycles. The van der Waals surface area contributed by atoms with Gasteiger partial charge in [0.2, 0.25) is 0 Å². The molecule has 1 rings (SSSR count). The maximum Gasteiger partial charge on any atom is 0.299 e. The molecule has 0 saturated heterocycles. The maximum atomic E-state index is 10.1. The first-order valence-electron chi connectivity index (χ1n) is 3.85. The molecule has 1 aromatic rings. The maximum absolute atomic E-state index is 10.1. The van der Waals surface area contributed by atoms with Crippen LogP contribution < -0.4 is 10.6 Å². The SMILES string of the molecule is CCc1c(N)cccc1O[N+](=O)[O-]. The second-order valence-corrected chi connectivity index (χ2v) is 2.49. The minimum atomic E-state index is -0.839. The van der Waals surface area contributed by atoms with E-state index >= 15 is 0 Å². The summed E-state index contributed by atoms with van der Waals surface area (Å²) < 4.78 is 0. The zero-order valence-corrected chi connectivity index (χ0v) is 7.19. The van der Waals surface area contributed by atoms with Gasteiger partial charge in [-0.1, -0.05) is 13.0 Å². The molecule has 0 aliphatic carbocycles. The van der Waals surface area contributed by atoms with Crippen molar-refractivity contribution in [2.24, 2.45) is 0 Å². The highest BCUT2D eigenvalue weighted by atomic mass is 17.0.